The zero-order valence-corrected chi connectivity index (χ0v) is 15.6. The Balaban J connectivity index is 1.47. The molecule has 1 saturated carbocycles. The van der Waals surface area contributed by atoms with Crippen LogP contribution in [0, 0.1) is 0 Å². The largest absolute Gasteiger partial charge is 0.480 e. The molecule has 1 aliphatic carbocycles. The van der Waals surface area contributed by atoms with E-state index in [0.717, 1.165) is 36.4 Å². The summed E-state index contributed by atoms with van der Waals surface area (Å²) in [4.78, 5) is 14.9. The van der Waals surface area contributed by atoms with E-state index in [1.165, 1.54) is 12.8 Å². The van der Waals surface area contributed by atoms with Gasteiger partial charge >= 0.3 is 0 Å². The minimum Gasteiger partial charge on any atom is -0.480 e. The van der Waals surface area contributed by atoms with Gasteiger partial charge in [0.05, 0.1) is 4.47 Å². The van der Waals surface area contributed by atoms with Crippen LogP contribution in [-0.4, -0.2) is 42.1 Å². The molecule has 1 aliphatic heterocycles. The summed E-state index contributed by atoms with van der Waals surface area (Å²) >= 11 is 9.32. The summed E-state index contributed by atoms with van der Waals surface area (Å²) < 4.78 is 6.50. The van der Waals surface area contributed by atoms with Crippen molar-refractivity contribution in [2.45, 2.75) is 50.8 Å². The van der Waals surface area contributed by atoms with Crippen LogP contribution in [0.25, 0.3) is 0 Å². The maximum absolute atomic E-state index is 12.3. The van der Waals surface area contributed by atoms with Crippen molar-refractivity contribution in [2.75, 3.05) is 13.1 Å². The van der Waals surface area contributed by atoms with Gasteiger partial charge in [-0.3, -0.25) is 4.79 Å². The Morgan fingerprint density at radius 2 is 2.04 bits per heavy atom. The number of ether oxygens (including phenoxy) is 1. The molecule has 2 fully saturated rings. The van der Waals surface area contributed by atoms with Gasteiger partial charge < -0.3 is 15.0 Å². The van der Waals surface area contributed by atoms with Gasteiger partial charge in [0.1, 0.15) is 5.75 Å². The van der Waals surface area contributed by atoms with Gasteiger partial charge in [-0.25, -0.2) is 0 Å². The molecule has 3 rings (SSSR count). The van der Waals surface area contributed by atoms with Crippen molar-refractivity contribution in [1.29, 1.82) is 0 Å². The topological polar surface area (TPSA) is 41.6 Å². The number of carbonyl (C=O) groups is 1. The lowest BCUT2D eigenvalue weighted by Crippen LogP contribution is -2.48. The molecule has 1 saturated heterocycles. The van der Waals surface area contributed by atoms with E-state index >= 15 is 0 Å². The highest BCUT2D eigenvalue weighted by Gasteiger charge is 2.32. The lowest BCUT2D eigenvalue weighted by molar-refractivity contribution is -0.128. The molecule has 0 aromatic heterocycles. The maximum atomic E-state index is 12.3. The Hall–Kier alpha value is -0.780. The number of halogens is 2. The molecular formula is C17H22BrClN2O2. The SMILES string of the molecule is C[C@@H](Oc1ccc(Cl)cc1Br)C(=O)NC1CCN(C2CC2)CC1. The average Bonchev–Trinajstić information content (AvgIpc) is 3.35. The lowest BCUT2D eigenvalue weighted by atomic mass is 10.0. The second kappa shape index (κ2) is 7.41. The van der Waals surface area contributed by atoms with Gasteiger partial charge in [0, 0.05) is 30.2 Å². The third-order valence-electron chi connectivity index (χ3n) is 4.51. The molecule has 4 nitrogen and oxygen atoms in total. The monoisotopic (exact) mass is 400 g/mol. The van der Waals surface area contributed by atoms with E-state index in [1.54, 1.807) is 25.1 Å². The fourth-order valence-corrected chi connectivity index (χ4v) is 3.76. The fraction of sp³-hybridized carbons (Fsp3) is 0.588. The summed E-state index contributed by atoms with van der Waals surface area (Å²) in [7, 11) is 0. The molecule has 0 bridgehead atoms. The molecule has 0 unspecified atom stereocenters. The number of carbonyl (C=O) groups excluding carboxylic acids is 1. The van der Waals surface area contributed by atoms with Gasteiger partial charge in [0.15, 0.2) is 6.10 Å². The molecule has 1 heterocycles. The quantitative estimate of drug-likeness (QED) is 0.819. The third kappa shape index (κ3) is 4.61. The van der Waals surface area contributed by atoms with Crippen molar-refractivity contribution in [2.24, 2.45) is 0 Å². The highest BCUT2D eigenvalue weighted by Crippen LogP contribution is 2.30. The van der Waals surface area contributed by atoms with Crippen molar-refractivity contribution in [3.63, 3.8) is 0 Å². The van der Waals surface area contributed by atoms with Crippen LogP contribution >= 0.6 is 27.5 Å². The van der Waals surface area contributed by atoms with Crippen LogP contribution in [0.1, 0.15) is 32.6 Å². The number of amides is 1. The molecule has 1 atom stereocenters. The fourth-order valence-electron chi connectivity index (χ4n) is 2.98. The van der Waals surface area contributed by atoms with Crippen LogP contribution in [0.4, 0.5) is 0 Å². The van der Waals surface area contributed by atoms with E-state index < -0.39 is 6.10 Å². The standard InChI is InChI=1S/C17H22BrClN2O2/c1-11(23-16-5-2-12(19)10-15(16)18)17(22)20-13-6-8-21(9-7-13)14-3-4-14/h2,5,10-11,13-14H,3-4,6-9H2,1H3,(H,20,22)/t11-/m1/s1. The number of nitrogens with one attached hydrogen (secondary N) is 1. The van der Waals surface area contributed by atoms with Crippen molar-refractivity contribution in [3.05, 3.63) is 27.7 Å². The number of piperidine rings is 1. The van der Waals surface area contributed by atoms with Gasteiger partial charge in [-0.15, -0.1) is 0 Å². The molecule has 0 radical (unpaired) electrons. The van der Waals surface area contributed by atoms with Crippen molar-refractivity contribution < 1.29 is 9.53 Å². The smallest absolute Gasteiger partial charge is 0.260 e. The molecule has 126 valence electrons. The molecule has 2 aliphatic rings. The van der Waals surface area contributed by atoms with Crippen molar-refractivity contribution >= 4 is 33.4 Å². The number of rotatable bonds is 5. The third-order valence-corrected chi connectivity index (χ3v) is 5.36. The zero-order valence-electron chi connectivity index (χ0n) is 13.2. The van der Waals surface area contributed by atoms with Gasteiger partial charge in [-0.05, 0) is 66.7 Å². The summed E-state index contributed by atoms with van der Waals surface area (Å²) in [6, 6.07) is 6.35. The summed E-state index contributed by atoms with van der Waals surface area (Å²) in [6.07, 6.45) is 4.21. The number of hydrogen-bond donors (Lipinski definition) is 1. The predicted octanol–water partition coefficient (Wildman–Crippen LogP) is 3.61. The molecule has 1 aromatic rings. The summed E-state index contributed by atoms with van der Waals surface area (Å²) in [5, 5.41) is 3.75. The molecule has 23 heavy (non-hydrogen) atoms. The average molecular weight is 402 g/mol. The van der Waals surface area contributed by atoms with Crippen LogP contribution in [0.5, 0.6) is 5.75 Å². The summed E-state index contributed by atoms with van der Waals surface area (Å²) in [5.74, 6) is 0.567. The van der Waals surface area contributed by atoms with Crippen LogP contribution in [0.3, 0.4) is 0 Å². The number of hydrogen-bond acceptors (Lipinski definition) is 3. The highest BCUT2D eigenvalue weighted by atomic mass is 79.9. The Labute approximate surface area is 150 Å². The minimum atomic E-state index is -0.533. The van der Waals surface area contributed by atoms with Gasteiger partial charge in [0.25, 0.3) is 5.91 Å². The molecule has 1 aromatic carbocycles. The van der Waals surface area contributed by atoms with Gasteiger partial charge in [-0.2, -0.15) is 0 Å². The van der Waals surface area contributed by atoms with E-state index in [2.05, 4.69) is 26.1 Å². The van der Waals surface area contributed by atoms with Crippen LogP contribution < -0.4 is 10.1 Å². The summed E-state index contributed by atoms with van der Waals surface area (Å²) in [5.41, 5.74) is 0. The Morgan fingerprint density at radius 1 is 1.35 bits per heavy atom. The second-order valence-corrected chi connectivity index (χ2v) is 7.68. The first-order chi connectivity index (χ1) is 11.0. The summed E-state index contributed by atoms with van der Waals surface area (Å²) in [6.45, 7) is 3.96. The van der Waals surface area contributed by atoms with Crippen LogP contribution in [0.2, 0.25) is 5.02 Å². The molecular weight excluding hydrogens is 380 g/mol. The molecule has 1 N–H and O–H groups in total. The van der Waals surface area contributed by atoms with Crippen LogP contribution in [0.15, 0.2) is 22.7 Å². The molecule has 1 amide bonds. The van der Waals surface area contributed by atoms with E-state index in [4.69, 9.17) is 16.3 Å². The van der Waals surface area contributed by atoms with Gasteiger partial charge in [0.2, 0.25) is 0 Å². The first-order valence-electron chi connectivity index (χ1n) is 8.19. The van der Waals surface area contributed by atoms with E-state index in [0.29, 0.717) is 10.8 Å². The van der Waals surface area contributed by atoms with E-state index in [-0.39, 0.29) is 11.9 Å². The first-order valence-corrected chi connectivity index (χ1v) is 9.36. The maximum Gasteiger partial charge on any atom is 0.260 e. The Morgan fingerprint density at radius 3 is 2.65 bits per heavy atom. The van der Waals surface area contributed by atoms with Crippen molar-refractivity contribution in [3.8, 4) is 5.75 Å². The number of benzene rings is 1. The molecule has 0 spiro atoms. The normalized spacial score (nSPS) is 21.0. The van der Waals surface area contributed by atoms with Gasteiger partial charge in [-0.1, -0.05) is 11.6 Å². The van der Waals surface area contributed by atoms with E-state index in [9.17, 15) is 4.79 Å². The second-order valence-electron chi connectivity index (χ2n) is 6.38. The highest BCUT2D eigenvalue weighted by molar-refractivity contribution is 9.10. The Bertz CT molecular complexity index is 572. The zero-order chi connectivity index (χ0) is 16.4. The predicted molar refractivity (Wildman–Crippen MR) is 95.0 cm³/mol. The molecule has 6 heteroatoms. The minimum absolute atomic E-state index is 0.0586. The number of likely N-dealkylation sites (tertiary alicyclic amines) is 1. The lowest BCUT2D eigenvalue weighted by Gasteiger charge is -2.32. The Kier molecular flexibility index (Phi) is 5.49. The first kappa shape index (κ1) is 17.1. The number of nitrogens with zero attached hydrogens (tertiary/aromatic N) is 1. The van der Waals surface area contributed by atoms with Crippen LogP contribution in [-0.2, 0) is 4.79 Å². The van der Waals surface area contributed by atoms with Crippen molar-refractivity contribution in [1.82, 2.24) is 10.2 Å². The van der Waals surface area contributed by atoms with E-state index in [1.807, 2.05) is 0 Å².